The van der Waals surface area contributed by atoms with Gasteiger partial charge in [-0.05, 0) is 25.5 Å². The van der Waals surface area contributed by atoms with Gasteiger partial charge in [-0.3, -0.25) is 14.4 Å². The minimum absolute atomic E-state index is 0.00970. The van der Waals surface area contributed by atoms with Gasteiger partial charge in [0, 0.05) is 24.4 Å². The number of amides is 3. The summed E-state index contributed by atoms with van der Waals surface area (Å²) < 4.78 is 0. The van der Waals surface area contributed by atoms with E-state index in [9.17, 15) is 14.4 Å². The summed E-state index contributed by atoms with van der Waals surface area (Å²) in [6.07, 6.45) is 1.49. The zero-order valence-electron chi connectivity index (χ0n) is 12.5. The van der Waals surface area contributed by atoms with Gasteiger partial charge in [-0.25, -0.2) is 0 Å². The number of nitrogens with two attached hydrogens (primary N) is 1. The van der Waals surface area contributed by atoms with Crippen LogP contribution in [-0.4, -0.2) is 41.2 Å². The van der Waals surface area contributed by atoms with Crippen molar-refractivity contribution in [3.63, 3.8) is 0 Å². The van der Waals surface area contributed by atoms with Crippen molar-refractivity contribution in [2.75, 3.05) is 6.54 Å². The first-order valence-electron chi connectivity index (χ1n) is 7.23. The molecule has 6 nitrogen and oxygen atoms in total. The second-order valence-electron chi connectivity index (χ2n) is 5.41. The van der Waals surface area contributed by atoms with Crippen LogP contribution in [-0.2, 0) is 20.8 Å². The van der Waals surface area contributed by atoms with Gasteiger partial charge in [0.1, 0.15) is 6.04 Å². The fourth-order valence-electron chi connectivity index (χ4n) is 2.65. The molecule has 1 aliphatic rings. The van der Waals surface area contributed by atoms with E-state index in [1.165, 1.54) is 0 Å². The van der Waals surface area contributed by atoms with Crippen molar-refractivity contribution in [3.05, 3.63) is 35.9 Å². The number of carbonyl (C=O) groups is 3. The largest absolute Gasteiger partial charge is 0.368 e. The summed E-state index contributed by atoms with van der Waals surface area (Å²) in [5.41, 5.74) is 5.84. The van der Waals surface area contributed by atoms with Crippen molar-refractivity contribution in [3.8, 4) is 0 Å². The predicted octanol–water partition coefficient (Wildman–Crippen LogP) is -0.190. The van der Waals surface area contributed by atoms with Crippen LogP contribution in [0.2, 0.25) is 0 Å². The summed E-state index contributed by atoms with van der Waals surface area (Å²) in [7, 11) is 0. The molecule has 1 saturated heterocycles. The molecule has 1 aromatic rings. The van der Waals surface area contributed by atoms with Crippen LogP contribution >= 0.6 is 0 Å². The van der Waals surface area contributed by atoms with E-state index < -0.39 is 11.9 Å². The van der Waals surface area contributed by atoms with Crippen LogP contribution in [0.1, 0.15) is 25.3 Å². The highest BCUT2D eigenvalue weighted by molar-refractivity contribution is 5.91. The highest BCUT2D eigenvalue weighted by Crippen LogP contribution is 2.23. The predicted molar refractivity (Wildman–Crippen MR) is 79.4 cm³/mol. The number of carbonyl (C=O) groups excluding carboxylic acids is 3. The fourth-order valence-corrected chi connectivity index (χ4v) is 2.65. The smallest absolute Gasteiger partial charge is 0.243 e. The SMILES string of the molecule is CC1CCC(=O)N1[C@@H](Cc1c#cccc1)C(=O)NCC(N)=O. The van der Waals surface area contributed by atoms with Crippen molar-refractivity contribution in [1.29, 1.82) is 0 Å². The lowest BCUT2D eigenvalue weighted by Gasteiger charge is -2.30. The molecule has 1 unspecified atom stereocenters. The molecule has 6 heteroatoms. The fraction of sp³-hybridized carbons (Fsp3) is 0.438. The number of hydrogen-bond acceptors (Lipinski definition) is 3. The lowest BCUT2D eigenvalue weighted by Crippen LogP contribution is -2.52. The van der Waals surface area contributed by atoms with E-state index in [1.807, 2.05) is 13.0 Å². The Bertz CT molecular complexity index is 559. The van der Waals surface area contributed by atoms with E-state index in [0.717, 1.165) is 12.0 Å². The Balaban J connectivity index is 2.18. The number of primary amides is 1. The van der Waals surface area contributed by atoms with Gasteiger partial charge in [-0.1, -0.05) is 18.2 Å². The van der Waals surface area contributed by atoms with Crippen molar-refractivity contribution >= 4 is 17.7 Å². The molecular formula is C16H19N3O3. The monoisotopic (exact) mass is 301 g/mol. The second-order valence-corrected chi connectivity index (χ2v) is 5.41. The average molecular weight is 301 g/mol. The molecular weight excluding hydrogens is 282 g/mol. The first kappa shape index (κ1) is 15.8. The lowest BCUT2D eigenvalue weighted by atomic mass is 10.0. The molecule has 0 radical (unpaired) electrons. The highest BCUT2D eigenvalue weighted by Gasteiger charge is 2.37. The van der Waals surface area contributed by atoms with Crippen molar-refractivity contribution in [1.82, 2.24) is 10.2 Å². The van der Waals surface area contributed by atoms with E-state index in [2.05, 4.69) is 17.4 Å². The van der Waals surface area contributed by atoms with E-state index in [0.29, 0.717) is 12.8 Å². The van der Waals surface area contributed by atoms with Crippen LogP contribution in [0.15, 0.2) is 18.2 Å². The zero-order chi connectivity index (χ0) is 16.1. The molecule has 2 rings (SSSR count). The first-order valence-corrected chi connectivity index (χ1v) is 7.23. The molecule has 3 amide bonds. The van der Waals surface area contributed by atoms with Gasteiger partial charge < -0.3 is 16.0 Å². The maximum Gasteiger partial charge on any atom is 0.243 e. The first-order chi connectivity index (χ1) is 10.5. The maximum absolute atomic E-state index is 12.4. The summed E-state index contributed by atoms with van der Waals surface area (Å²) >= 11 is 0. The summed E-state index contributed by atoms with van der Waals surface area (Å²) in [5, 5.41) is 2.49. The topological polar surface area (TPSA) is 92.5 Å². The van der Waals surface area contributed by atoms with Gasteiger partial charge in [0.15, 0.2) is 0 Å². The van der Waals surface area contributed by atoms with Crippen LogP contribution in [0.4, 0.5) is 0 Å². The van der Waals surface area contributed by atoms with Gasteiger partial charge in [0.2, 0.25) is 17.7 Å². The van der Waals surface area contributed by atoms with Crippen LogP contribution < -0.4 is 11.1 Å². The Hall–Kier alpha value is -2.55. The summed E-state index contributed by atoms with van der Waals surface area (Å²) in [6, 6.07) is 10.4. The highest BCUT2D eigenvalue weighted by atomic mass is 16.2. The van der Waals surface area contributed by atoms with Crippen molar-refractivity contribution in [2.24, 2.45) is 5.73 Å². The third-order valence-corrected chi connectivity index (χ3v) is 3.74. The van der Waals surface area contributed by atoms with E-state index in [-0.39, 0.29) is 24.4 Å². The number of hydrogen-bond donors (Lipinski definition) is 2. The van der Waals surface area contributed by atoms with Crippen molar-refractivity contribution in [2.45, 2.75) is 38.3 Å². The molecule has 0 spiro atoms. The molecule has 0 aromatic heterocycles. The van der Waals surface area contributed by atoms with Gasteiger partial charge in [0.05, 0.1) is 6.54 Å². The number of rotatable bonds is 6. The molecule has 1 fully saturated rings. The Morgan fingerprint density at radius 2 is 2.32 bits per heavy atom. The van der Waals surface area contributed by atoms with Crippen LogP contribution in [0.5, 0.6) is 0 Å². The number of nitrogens with zero attached hydrogens (tertiary/aromatic N) is 1. The maximum atomic E-state index is 12.4. The van der Waals surface area contributed by atoms with Gasteiger partial charge >= 0.3 is 0 Å². The molecule has 0 bridgehead atoms. The van der Waals surface area contributed by atoms with E-state index >= 15 is 0 Å². The zero-order valence-corrected chi connectivity index (χ0v) is 12.5. The third kappa shape index (κ3) is 3.76. The van der Waals surface area contributed by atoms with Gasteiger partial charge in [0.25, 0.3) is 0 Å². The van der Waals surface area contributed by atoms with Crippen LogP contribution in [0, 0.1) is 12.1 Å². The summed E-state index contributed by atoms with van der Waals surface area (Å²) in [5.74, 6) is -1.04. The second kappa shape index (κ2) is 6.94. The molecule has 22 heavy (non-hydrogen) atoms. The normalized spacial score (nSPS) is 18.7. The number of nitrogens with one attached hydrogen (secondary N) is 1. The Labute approximate surface area is 129 Å². The van der Waals surface area contributed by atoms with Crippen LogP contribution in [0.25, 0.3) is 0 Å². The Morgan fingerprint density at radius 1 is 1.55 bits per heavy atom. The lowest BCUT2D eigenvalue weighted by molar-refractivity contribution is -0.139. The Morgan fingerprint density at radius 3 is 2.86 bits per heavy atom. The third-order valence-electron chi connectivity index (χ3n) is 3.74. The summed E-state index contributed by atoms with van der Waals surface area (Å²) in [6.45, 7) is 1.68. The molecule has 1 aromatic carbocycles. The molecule has 1 heterocycles. The van der Waals surface area contributed by atoms with E-state index in [4.69, 9.17) is 5.73 Å². The van der Waals surface area contributed by atoms with Crippen LogP contribution in [0.3, 0.4) is 0 Å². The molecule has 2 atom stereocenters. The molecule has 0 saturated carbocycles. The van der Waals surface area contributed by atoms with Gasteiger partial charge in [-0.2, -0.15) is 0 Å². The molecule has 116 valence electrons. The van der Waals surface area contributed by atoms with Gasteiger partial charge in [-0.15, -0.1) is 0 Å². The van der Waals surface area contributed by atoms with Crippen molar-refractivity contribution < 1.29 is 14.4 Å². The summed E-state index contributed by atoms with van der Waals surface area (Å²) in [4.78, 5) is 36.9. The average Bonchev–Trinajstić information content (AvgIpc) is 2.82. The quantitative estimate of drug-likeness (QED) is 0.763. The minimum atomic E-state index is -0.670. The molecule has 1 aliphatic heterocycles. The number of likely N-dealkylation sites (tertiary alicyclic amines) is 1. The van der Waals surface area contributed by atoms with E-state index in [1.54, 1.807) is 17.0 Å². The molecule has 3 N–H and O–H groups in total. The standard InChI is InChI=1S/C16H19N3O3/c1-11-7-8-15(21)19(11)13(16(22)18-10-14(17)20)9-12-5-3-2-4-6-12/h2-3,5,11,13H,7-10H2,1H3,(H2,17,20)(H,18,22)/t11?,13-/m0/s1. The minimum Gasteiger partial charge on any atom is -0.368 e. The molecule has 0 aliphatic carbocycles. The Kier molecular flexibility index (Phi) is 4.99.